The highest BCUT2D eigenvalue weighted by atomic mass is 35.5. The average molecular weight is 397 g/mol. The summed E-state index contributed by atoms with van der Waals surface area (Å²) in [6.07, 6.45) is 12.3. The van der Waals surface area contributed by atoms with E-state index in [1.54, 1.807) is 11.3 Å². The molecule has 1 aromatic carbocycles. The molecule has 0 spiro atoms. The van der Waals surface area contributed by atoms with Crippen molar-refractivity contribution in [2.75, 3.05) is 0 Å². The van der Waals surface area contributed by atoms with Crippen LogP contribution in [0.4, 0.5) is 0 Å². The molecule has 7 rings (SSSR count). The average Bonchev–Trinajstić information content (AvgIpc) is 3.20. The van der Waals surface area contributed by atoms with Gasteiger partial charge in [-0.1, -0.05) is 41.1 Å². The number of benzene rings is 1. The summed E-state index contributed by atoms with van der Waals surface area (Å²) < 4.78 is 2.04. The minimum Gasteiger partial charge on any atom is -0.186 e. The predicted octanol–water partition coefficient (Wildman–Crippen LogP) is 5.48. The van der Waals surface area contributed by atoms with Crippen molar-refractivity contribution >= 4 is 40.1 Å². The number of aromatic nitrogens is 4. The predicted molar refractivity (Wildman–Crippen MR) is 109 cm³/mol. The van der Waals surface area contributed by atoms with Gasteiger partial charge in [-0.3, -0.25) is 0 Å². The molecular weight excluding hydrogens is 376 g/mol. The number of rotatable bonds is 3. The molecule has 4 aliphatic carbocycles. The highest BCUT2D eigenvalue weighted by Crippen LogP contribution is 2.60. The molecule has 2 heterocycles. The van der Waals surface area contributed by atoms with E-state index < -0.39 is 0 Å². The van der Waals surface area contributed by atoms with Crippen LogP contribution in [0, 0.1) is 17.8 Å². The van der Waals surface area contributed by atoms with Crippen LogP contribution in [-0.4, -0.2) is 19.8 Å². The van der Waals surface area contributed by atoms with Gasteiger partial charge >= 0.3 is 0 Å². The van der Waals surface area contributed by atoms with Gasteiger partial charge in [0.15, 0.2) is 5.82 Å². The smallest absolute Gasteiger partial charge is 0.186 e. The van der Waals surface area contributed by atoms with Crippen molar-refractivity contribution in [3.63, 3.8) is 0 Å². The first-order chi connectivity index (χ1) is 13.2. The largest absolute Gasteiger partial charge is 0.234 e. The first kappa shape index (κ1) is 16.3. The lowest BCUT2D eigenvalue weighted by molar-refractivity contribution is -0.0103. The zero-order valence-corrected chi connectivity index (χ0v) is 16.6. The van der Waals surface area contributed by atoms with E-state index in [4.69, 9.17) is 16.7 Å². The Kier molecular flexibility index (Phi) is 3.54. The van der Waals surface area contributed by atoms with E-state index in [2.05, 4.69) is 22.3 Å². The van der Waals surface area contributed by atoms with Crippen LogP contribution < -0.4 is 0 Å². The molecule has 0 N–H and O–H groups in total. The van der Waals surface area contributed by atoms with Gasteiger partial charge in [0.25, 0.3) is 0 Å². The molecule has 4 fully saturated rings. The van der Waals surface area contributed by atoms with E-state index in [1.807, 2.05) is 28.8 Å². The van der Waals surface area contributed by atoms with E-state index in [-0.39, 0.29) is 5.41 Å². The summed E-state index contributed by atoms with van der Waals surface area (Å²) in [6, 6.07) is 7.84. The Hall–Kier alpha value is -1.72. The van der Waals surface area contributed by atoms with Crippen LogP contribution in [0.15, 0.2) is 24.3 Å². The first-order valence-corrected chi connectivity index (χ1v) is 11.0. The lowest BCUT2D eigenvalue weighted by atomic mass is 9.49. The summed E-state index contributed by atoms with van der Waals surface area (Å²) in [7, 11) is 0. The Morgan fingerprint density at radius 2 is 1.63 bits per heavy atom. The highest BCUT2D eigenvalue weighted by Gasteiger charge is 2.54. The van der Waals surface area contributed by atoms with Gasteiger partial charge in [-0.25, -0.2) is 0 Å². The fraction of sp³-hybridized carbons (Fsp3) is 0.476. The molecule has 0 amide bonds. The van der Waals surface area contributed by atoms with Crippen LogP contribution >= 0.6 is 22.9 Å². The third-order valence-corrected chi connectivity index (χ3v) is 7.92. The van der Waals surface area contributed by atoms with E-state index in [0.717, 1.165) is 44.1 Å². The Bertz CT molecular complexity index is 997. The minimum atomic E-state index is 0.222. The van der Waals surface area contributed by atoms with Gasteiger partial charge in [0, 0.05) is 10.4 Å². The first-order valence-electron chi connectivity index (χ1n) is 9.83. The number of hydrogen-bond acceptors (Lipinski definition) is 4. The summed E-state index contributed by atoms with van der Waals surface area (Å²) >= 11 is 7.57. The summed E-state index contributed by atoms with van der Waals surface area (Å²) in [5.41, 5.74) is 1.34. The lowest BCUT2D eigenvalue weighted by Crippen LogP contribution is -2.49. The second kappa shape index (κ2) is 5.89. The molecule has 4 saturated carbocycles. The van der Waals surface area contributed by atoms with E-state index in [0.29, 0.717) is 0 Å². The highest BCUT2D eigenvalue weighted by molar-refractivity contribution is 7.17. The number of fused-ring (bicyclic) bond motifs is 1. The minimum absolute atomic E-state index is 0.222. The molecule has 138 valence electrons. The molecule has 4 nitrogen and oxygen atoms in total. The Labute approximate surface area is 167 Å². The van der Waals surface area contributed by atoms with Gasteiger partial charge in [-0.05, 0) is 80.1 Å². The zero-order valence-electron chi connectivity index (χ0n) is 15.0. The van der Waals surface area contributed by atoms with Crippen LogP contribution in [0.25, 0.3) is 17.1 Å². The molecular formula is C21H21ClN4S. The van der Waals surface area contributed by atoms with Gasteiger partial charge in [-0.2, -0.15) is 9.61 Å². The van der Waals surface area contributed by atoms with Gasteiger partial charge in [0.1, 0.15) is 5.01 Å². The number of hydrogen-bond donors (Lipinski definition) is 0. The Balaban J connectivity index is 1.34. The van der Waals surface area contributed by atoms with Crippen LogP contribution in [-0.2, 0) is 5.41 Å². The molecule has 0 aliphatic heterocycles. The van der Waals surface area contributed by atoms with Crippen molar-refractivity contribution in [1.29, 1.82) is 0 Å². The molecule has 4 aliphatic rings. The molecule has 2 aromatic heterocycles. The maximum Gasteiger partial charge on any atom is 0.234 e. The van der Waals surface area contributed by atoms with Crippen molar-refractivity contribution in [2.45, 2.75) is 43.9 Å². The second-order valence-corrected chi connectivity index (χ2v) is 10.2. The quantitative estimate of drug-likeness (QED) is 0.588. The number of nitrogens with zero attached hydrogens (tertiary/aromatic N) is 4. The van der Waals surface area contributed by atoms with Crippen LogP contribution in [0.1, 0.15) is 54.9 Å². The Morgan fingerprint density at radius 3 is 2.30 bits per heavy atom. The molecule has 4 bridgehead atoms. The van der Waals surface area contributed by atoms with E-state index in [9.17, 15) is 0 Å². The van der Waals surface area contributed by atoms with E-state index in [1.165, 1.54) is 38.5 Å². The normalized spacial score (nSPS) is 32.1. The van der Waals surface area contributed by atoms with Crippen LogP contribution in [0.5, 0.6) is 0 Å². The SMILES string of the molecule is Clc1ccc(/C=C/c2nn3c(C45CC6CC(CC(C6)C4)C5)nnc3s2)cc1. The maximum absolute atomic E-state index is 5.96. The zero-order chi connectivity index (χ0) is 18.0. The molecule has 0 radical (unpaired) electrons. The fourth-order valence-electron chi connectivity index (χ4n) is 6.16. The van der Waals surface area contributed by atoms with Crippen molar-refractivity contribution < 1.29 is 0 Å². The van der Waals surface area contributed by atoms with E-state index >= 15 is 0 Å². The summed E-state index contributed by atoms with van der Waals surface area (Å²) in [5.74, 6) is 3.81. The standard InChI is InChI=1S/C21H21ClN4S/c22-17-4-1-13(2-5-17)3-6-18-25-26-19(23-24-20(26)27-18)21-10-14-7-15(11-21)9-16(8-14)12-21/h1-6,14-16H,7-12H2/b6-3+. The summed E-state index contributed by atoms with van der Waals surface area (Å²) in [6.45, 7) is 0. The second-order valence-electron chi connectivity index (χ2n) is 8.74. The third-order valence-electron chi connectivity index (χ3n) is 6.81. The van der Waals surface area contributed by atoms with Crippen molar-refractivity contribution in [1.82, 2.24) is 19.8 Å². The molecule has 0 saturated heterocycles. The third kappa shape index (κ3) is 2.66. The van der Waals surface area contributed by atoms with Gasteiger partial charge in [-0.15, -0.1) is 10.2 Å². The summed E-state index contributed by atoms with van der Waals surface area (Å²) in [4.78, 5) is 0.913. The molecule has 3 aromatic rings. The van der Waals surface area contributed by atoms with Crippen LogP contribution in [0.3, 0.4) is 0 Å². The van der Waals surface area contributed by atoms with Crippen molar-refractivity contribution in [2.24, 2.45) is 17.8 Å². The topological polar surface area (TPSA) is 43.1 Å². The molecule has 0 unspecified atom stereocenters. The Morgan fingerprint density at radius 1 is 0.963 bits per heavy atom. The van der Waals surface area contributed by atoms with Gasteiger partial charge in [0.05, 0.1) is 0 Å². The maximum atomic E-state index is 5.96. The molecule has 6 heteroatoms. The van der Waals surface area contributed by atoms with Crippen LogP contribution in [0.2, 0.25) is 5.02 Å². The lowest BCUT2D eigenvalue weighted by Gasteiger charge is -2.55. The summed E-state index contributed by atoms with van der Waals surface area (Å²) in [5, 5.41) is 15.7. The van der Waals surface area contributed by atoms with Crippen molar-refractivity contribution in [3.8, 4) is 0 Å². The molecule has 27 heavy (non-hydrogen) atoms. The van der Waals surface area contributed by atoms with Crippen molar-refractivity contribution in [3.05, 3.63) is 45.7 Å². The fourth-order valence-corrected chi connectivity index (χ4v) is 7.02. The van der Waals surface area contributed by atoms with Gasteiger partial charge in [0.2, 0.25) is 4.96 Å². The molecule has 0 atom stereocenters. The van der Waals surface area contributed by atoms with Gasteiger partial charge < -0.3 is 0 Å². The monoisotopic (exact) mass is 396 g/mol. The number of halogens is 1.